The first kappa shape index (κ1) is 14.1. The number of nitrogens with two attached hydrogens (primary N) is 1. The van der Waals surface area contributed by atoms with Crippen LogP contribution in [-0.4, -0.2) is 28.7 Å². The second-order valence-corrected chi connectivity index (χ2v) is 5.12. The van der Waals surface area contributed by atoms with E-state index in [0.29, 0.717) is 18.5 Å². The molecule has 1 aromatic rings. The zero-order valence-electron chi connectivity index (χ0n) is 11.9. The average molecular weight is 264 g/mol. The Hall–Kier alpha value is -1.36. The Bertz CT molecular complexity index is 410. The number of hydrogen-bond acceptors (Lipinski definition) is 5. The summed E-state index contributed by atoms with van der Waals surface area (Å²) in [4.78, 5) is 8.67. The van der Waals surface area contributed by atoms with Crippen molar-refractivity contribution in [3.8, 4) is 5.88 Å². The molecule has 2 atom stereocenters. The molecule has 1 aliphatic carbocycles. The molecular formula is C14H24N4O. The summed E-state index contributed by atoms with van der Waals surface area (Å²) in [7, 11) is 0. The van der Waals surface area contributed by atoms with E-state index in [-0.39, 0.29) is 6.04 Å². The van der Waals surface area contributed by atoms with Gasteiger partial charge in [0.15, 0.2) is 0 Å². The molecule has 19 heavy (non-hydrogen) atoms. The lowest BCUT2D eigenvalue weighted by atomic mass is 10.0. The highest BCUT2D eigenvalue weighted by molar-refractivity contribution is 5.39. The smallest absolute Gasteiger partial charge is 0.218 e. The van der Waals surface area contributed by atoms with Gasteiger partial charge in [-0.25, -0.2) is 4.98 Å². The fourth-order valence-corrected chi connectivity index (χ4v) is 2.54. The Kier molecular flexibility index (Phi) is 4.96. The van der Waals surface area contributed by atoms with E-state index in [4.69, 9.17) is 10.5 Å². The lowest BCUT2D eigenvalue weighted by molar-refractivity contribution is 0.325. The highest BCUT2D eigenvalue weighted by Crippen LogP contribution is 2.21. The largest absolute Gasteiger partial charge is 0.478 e. The minimum Gasteiger partial charge on any atom is -0.478 e. The normalized spacial score (nSPS) is 23.7. The number of aryl methyl sites for hydroxylation is 1. The Morgan fingerprint density at radius 1 is 1.32 bits per heavy atom. The maximum atomic E-state index is 6.22. The van der Waals surface area contributed by atoms with E-state index in [1.165, 1.54) is 19.3 Å². The van der Waals surface area contributed by atoms with Gasteiger partial charge in [-0.3, -0.25) is 0 Å². The van der Waals surface area contributed by atoms with Crippen molar-refractivity contribution in [2.45, 2.75) is 58.0 Å². The molecule has 0 bridgehead atoms. The van der Waals surface area contributed by atoms with Gasteiger partial charge in [0.05, 0.1) is 6.61 Å². The highest BCUT2D eigenvalue weighted by Gasteiger charge is 2.20. The fourth-order valence-electron chi connectivity index (χ4n) is 2.54. The highest BCUT2D eigenvalue weighted by atomic mass is 16.5. The average Bonchev–Trinajstić information content (AvgIpc) is 2.55. The summed E-state index contributed by atoms with van der Waals surface area (Å²) < 4.78 is 5.45. The van der Waals surface area contributed by atoms with E-state index in [1.54, 1.807) is 0 Å². The van der Waals surface area contributed by atoms with E-state index in [1.807, 2.05) is 19.9 Å². The van der Waals surface area contributed by atoms with Crippen LogP contribution in [0.2, 0.25) is 0 Å². The third-order valence-corrected chi connectivity index (χ3v) is 3.51. The molecule has 5 nitrogen and oxygen atoms in total. The van der Waals surface area contributed by atoms with Crippen molar-refractivity contribution in [2.24, 2.45) is 5.73 Å². The number of rotatable bonds is 4. The summed E-state index contributed by atoms with van der Waals surface area (Å²) in [6.45, 7) is 4.44. The van der Waals surface area contributed by atoms with Crippen molar-refractivity contribution < 1.29 is 4.74 Å². The molecule has 0 aromatic carbocycles. The van der Waals surface area contributed by atoms with Gasteiger partial charge in [0.2, 0.25) is 5.88 Å². The number of nitrogens with one attached hydrogen (secondary N) is 1. The maximum absolute atomic E-state index is 6.22. The number of anilines is 1. The van der Waals surface area contributed by atoms with Gasteiger partial charge in [-0.05, 0) is 26.7 Å². The zero-order chi connectivity index (χ0) is 13.7. The molecule has 0 spiro atoms. The molecule has 0 radical (unpaired) electrons. The zero-order valence-corrected chi connectivity index (χ0v) is 11.9. The van der Waals surface area contributed by atoms with Gasteiger partial charge in [0.25, 0.3) is 0 Å². The first-order valence-corrected chi connectivity index (χ1v) is 7.19. The molecular weight excluding hydrogens is 240 g/mol. The molecule has 1 aliphatic rings. The second-order valence-electron chi connectivity index (χ2n) is 5.12. The molecule has 1 heterocycles. The Morgan fingerprint density at radius 3 is 2.89 bits per heavy atom. The summed E-state index contributed by atoms with van der Waals surface area (Å²) in [5.74, 6) is 2.16. The summed E-state index contributed by atoms with van der Waals surface area (Å²) in [6.07, 6.45) is 5.92. The summed E-state index contributed by atoms with van der Waals surface area (Å²) in [5, 5.41) is 3.45. The molecule has 1 fully saturated rings. The van der Waals surface area contributed by atoms with Crippen LogP contribution in [0.5, 0.6) is 5.88 Å². The minimum atomic E-state index is 0.202. The molecule has 106 valence electrons. The van der Waals surface area contributed by atoms with Crippen molar-refractivity contribution >= 4 is 5.82 Å². The first-order chi connectivity index (χ1) is 9.19. The topological polar surface area (TPSA) is 73.1 Å². The van der Waals surface area contributed by atoms with Gasteiger partial charge < -0.3 is 15.8 Å². The third kappa shape index (κ3) is 4.06. The van der Waals surface area contributed by atoms with E-state index in [2.05, 4.69) is 15.3 Å². The van der Waals surface area contributed by atoms with Crippen molar-refractivity contribution in [1.29, 1.82) is 0 Å². The number of ether oxygens (including phenoxy) is 1. The molecule has 1 aromatic heterocycles. The van der Waals surface area contributed by atoms with Gasteiger partial charge in [-0.2, -0.15) is 4.98 Å². The first-order valence-electron chi connectivity index (χ1n) is 7.19. The van der Waals surface area contributed by atoms with Crippen LogP contribution in [0, 0.1) is 6.92 Å². The minimum absolute atomic E-state index is 0.202. The van der Waals surface area contributed by atoms with E-state index in [9.17, 15) is 0 Å². The van der Waals surface area contributed by atoms with Crippen LogP contribution in [0.4, 0.5) is 5.82 Å². The molecule has 3 N–H and O–H groups in total. The monoisotopic (exact) mass is 264 g/mol. The van der Waals surface area contributed by atoms with Crippen LogP contribution in [0.1, 0.15) is 44.9 Å². The van der Waals surface area contributed by atoms with Crippen LogP contribution >= 0.6 is 0 Å². The van der Waals surface area contributed by atoms with Crippen molar-refractivity contribution in [2.75, 3.05) is 11.9 Å². The number of aromatic nitrogens is 2. The van der Waals surface area contributed by atoms with Crippen LogP contribution < -0.4 is 15.8 Å². The van der Waals surface area contributed by atoms with Gasteiger partial charge in [0.1, 0.15) is 11.6 Å². The second kappa shape index (κ2) is 6.70. The Balaban J connectivity index is 2.08. The molecule has 2 unspecified atom stereocenters. The van der Waals surface area contributed by atoms with Gasteiger partial charge >= 0.3 is 0 Å². The van der Waals surface area contributed by atoms with E-state index >= 15 is 0 Å². The molecule has 0 saturated heterocycles. The molecule has 0 amide bonds. The third-order valence-electron chi connectivity index (χ3n) is 3.51. The van der Waals surface area contributed by atoms with Crippen molar-refractivity contribution in [3.63, 3.8) is 0 Å². The number of nitrogens with zero attached hydrogens (tertiary/aromatic N) is 2. The summed E-state index contributed by atoms with van der Waals surface area (Å²) >= 11 is 0. The Labute approximate surface area is 115 Å². The maximum Gasteiger partial charge on any atom is 0.218 e. The summed E-state index contributed by atoms with van der Waals surface area (Å²) in [6, 6.07) is 2.35. The van der Waals surface area contributed by atoms with Gasteiger partial charge in [-0.15, -0.1) is 0 Å². The van der Waals surface area contributed by atoms with Crippen LogP contribution in [0.3, 0.4) is 0 Å². The van der Waals surface area contributed by atoms with E-state index in [0.717, 1.165) is 24.5 Å². The number of hydrogen-bond donors (Lipinski definition) is 2. The van der Waals surface area contributed by atoms with Crippen LogP contribution in [-0.2, 0) is 0 Å². The lowest BCUT2D eigenvalue weighted by Gasteiger charge is -2.23. The Morgan fingerprint density at radius 2 is 2.11 bits per heavy atom. The van der Waals surface area contributed by atoms with Crippen LogP contribution in [0.25, 0.3) is 0 Å². The molecule has 5 heteroatoms. The molecule has 1 saturated carbocycles. The predicted molar refractivity (Wildman–Crippen MR) is 76.4 cm³/mol. The van der Waals surface area contributed by atoms with Gasteiger partial charge in [-0.1, -0.05) is 19.3 Å². The van der Waals surface area contributed by atoms with Gasteiger partial charge in [0, 0.05) is 18.2 Å². The molecule has 0 aliphatic heterocycles. The van der Waals surface area contributed by atoms with E-state index < -0.39 is 0 Å². The lowest BCUT2D eigenvalue weighted by Crippen LogP contribution is -2.39. The summed E-state index contributed by atoms with van der Waals surface area (Å²) in [5.41, 5.74) is 6.22. The quantitative estimate of drug-likeness (QED) is 0.816. The SMILES string of the molecule is CCOc1cc(NC2CCCCCC2N)nc(C)n1. The predicted octanol–water partition coefficient (Wildman–Crippen LogP) is 2.26. The van der Waals surface area contributed by atoms with Crippen LogP contribution in [0.15, 0.2) is 6.07 Å². The van der Waals surface area contributed by atoms with Crippen molar-refractivity contribution in [1.82, 2.24) is 9.97 Å². The molecule has 2 rings (SSSR count). The fraction of sp³-hybridized carbons (Fsp3) is 0.714. The standard InChI is InChI=1S/C14H24N4O/c1-3-19-14-9-13(16-10(2)17-14)18-12-8-6-4-5-7-11(12)15/h9,11-12H,3-8,15H2,1-2H3,(H,16,17,18). The van der Waals surface area contributed by atoms with Crippen molar-refractivity contribution in [3.05, 3.63) is 11.9 Å².